The van der Waals surface area contributed by atoms with Crippen LogP contribution in [0.3, 0.4) is 0 Å². The average Bonchev–Trinajstić information content (AvgIpc) is 2.81. The third kappa shape index (κ3) is 7.88. The Morgan fingerprint density at radius 3 is 2.71 bits per heavy atom. The van der Waals surface area contributed by atoms with Gasteiger partial charge in [0, 0.05) is 57.4 Å². The van der Waals surface area contributed by atoms with Crippen molar-refractivity contribution in [2.75, 3.05) is 56.5 Å². The summed E-state index contributed by atoms with van der Waals surface area (Å²) in [5.74, 6) is 0.952. The van der Waals surface area contributed by atoms with Crippen molar-refractivity contribution in [1.29, 1.82) is 0 Å². The first-order valence-corrected chi connectivity index (χ1v) is 13.7. The van der Waals surface area contributed by atoms with E-state index in [1.54, 1.807) is 6.07 Å². The van der Waals surface area contributed by atoms with Crippen LogP contribution in [0, 0.1) is 0 Å². The third-order valence-corrected chi connectivity index (χ3v) is 7.46. The van der Waals surface area contributed by atoms with Gasteiger partial charge in [-0.1, -0.05) is 29.8 Å². The molecular formula is C23H38ClN7O2S. The van der Waals surface area contributed by atoms with Crippen molar-refractivity contribution in [3.63, 3.8) is 0 Å². The Bertz CT molecular complexity index is 831. The summed E-state index contributed by atoms with van der Waals surface area (Å²) in [4.78, 5) is 39.9. The van der Waals surface area contributed by atoms with Gasteiger partial charge in [0.15, 0.2) is 5.16 Å². The van der Waals surface area contributed by atoms with Crippen molar-refractivity contribution in [3.8, 4) is 0 Å². The third-order valence-electron chi connectivity index (χ3n) is 6.42. The number of nitrogens with zero attached hydrogens (tertiary/aromatic N) is 5. The Hall–Kier alpha value is -1.78. The number of nitrogens with one attached hydrogen (secondary N) is 2. The summed E-state index contributed by atoms with van der Waals surface area (Å²) in [6.07, 6.45) is 4.83. The van der Waals surface area contributed by atoms with Crippen molar-refractivity contribution in [3.05, 3.63) is 11.2 Å². The van der Waals surface area contributed by atoms with Gasteiger partial charge in [0.2, 0.25) is 5.91 Å². The van der Waals surface area contributed by atoms with Gasteiger partial charge in [0.05, 0.1) is 5.75 Å². The van der Waals surface area contributed by atoms with Crippen LogP contribution in [0.25, 0.3) is 0 Å². The van der Waals surface area contributed by atoms with E-state index in [4.69, 9.17) is 11.6 Å². The first-order valence-electron chi connectivity index (χ1n) is 12.3. The maximum Gasteiger partial charge on any atom is 0.317 e. The summed E-state index contributed by atoms with van der Waals surface area (Å²) in [6.45, 7) is 11.6. The number of urea groups is 1. The van der Waals surface area contributed by atoms with Crippen molar-refractivity contribution in [2.24, 2.45) is 0 Å². The lowest BCUT2D eigenvalue weighted by Gasteiger charge is -2.40. The molecule has 2 N–H and O–H groups in total. The highest BCUT2D eigenvalue weighted by atomic mass is 35.5. The SMILES string of the molecule is CCNC(=O)N1CCN(c2cc(Cl)nc(SCC(=O)NCCCN3CCCCC3C)n2)CC1C. The van der Waals surface area contributed by atoms with Crippen LogP contribution in [0.5, 0.6) is 0 Å². The fourth-order valence-corrected chi connectivity index (χ4v) is 5.42. The molecule has 0 radical (unpaired) electrons. The monoisotopic (exact) mass is 511 g/mol. The number of carbonyl (C=O) groups is 2. The van der Waals surface area contributed by atoms with Gasteiger partial charge in [0.25, 0.3) is 0 Å². The summed E-state index contributed by atoms with van der Waals surface area (Å²) in [7, 11) is 0. The van der Waals surface area contributed by atoms with Gasteiger partial charge in [-0.2, -0.15) is 0 Å². The first kappa shape index (κ1) is 26.8. The van der Waals surface area contributed by atoms with E-state index in [1.165, 1.54) is 37.6 Å². The molecule has 0 spiro atoms. The van der Waals surface area contributed by atoms with Crippen LogP contribution >= 0.6 is 23.4 Å². The summed E-state index contributed by atoms with van der Waals surface area (Å²) in [6, 6.07) is 2.39. The number of halogens is 1. The molecule has 11 heteroatoms. The number of piperidine rings is 1. The normalized spacial score (nSPS) is 21.4. The Labute approximate surface area is 212 Å². The molecule has 2 atom stereocenters. The van der Waals surface area contributed by atoms with E-state index in [1.807, 2.05) is 18.7 Å². The van der Waals surface area contributed by atoms with E-state index < -0.39 is 0 Å². The minimum Gasteiger partial charge on any atom is -0.355 e. The molecule has 2 saturated heterocycles. The highest BCUT2D eigenvalue weighted by molar-refractivity contribution is 7.99. The fourth-order valence-electron chi connectivity index (χ4n) is 4.51. The number of thioether (sulfide) groups is 1. The number of carbonyl (C=O) groups excluding carboxylic acids is 2. The zero-order valence-electron chi connectivity index (χ0n) is 20.6. The van der Waals surface area contributed by atoms with Gasteiger partial charge in [0.1, 0.15) is 11.0 Å². The molecule has 34 heavy (non-hydrogen) atoms. The molecular weight excluding hydrogens is 474 g/mol. The number of piperazine rings is 1. The smallest absolute Gasteiger partial charge is 0.317 e. The van der Waals surface area contributed by atoms with Crippen LogP contribution in [0.4, 0.5) is 10.6 Å². The lowest BCUT2D eigenvalue weighted by Crippen LogP contribution is -2.56. The van der Waals surface area contributed by atoms with Gasteiger partial charge < -0.3 is 25.3 Å². The zero-order chi connectivity index (χ0) is 24.5. The van der Waals surface area contributed by atoms with E-state index >= 15 is 0 Å². The Kier molecular flexibility index (Phi) is 10.5. The van der Waals surface area contributed by atoms with Crippen molar-refractivity contribution >= 4 is 41.1 Å². The van der Waals surface area contributed by atoms with Crippen LogP contribution in [-0.2, 0) is 4.79 Å². The number of aromatic nitrogens is 2. The van der Waals surface area contributed by atoms with E-state index in [2.05, 4.69) is 37.3 Å². The van der Waals surface area contributed by atoms with E-state index in [0.717, 1.165) is 18.8 Å². The molecule has 0 aliphatic carbocycles. The molecule has 0 aromatic carbocycles. The van der Waals surface area contributed by atoms with Gasteiger partial charge in [-0.05, 0) is 46.6 Å². The molecule has 2 aliphatic heterocycles. The molecule has 2 unspecified atom stereocenters. The van der Waals surface area contributed by atoms with E-state index in [-0.39, 0.29) is 23.7 Å². The second-order valence-corrected chi connectivity index (χ2v) is 10.4. The van der Waals surface area contributed by atoms with Gasteiger partial charge in [-0.3, -0.25) is 4.79 Å². The maximum absolute atomic E-state index is 12.3. The Morgan fingerprint density at radius 2 is 1.97 bits per heavy atom. The van der Waals surface area contributed by atoms with Crippen LogP contribution < -0.4 is 15.5 Å². The number of hydrogen-bond acceptors (Lipinski definition) is 7. The number of rotatable bonds is 9. The van der Waals surface area contributed by atoms with E-state index in [9.17, 15) is 9.59 Å². The van der Waals surface area contributed by atoms with Crippen LogP contribution in [0.1, 0.15) is 46.5 Å². The molecule has 2 aliphatic rings. The second kappa shape index (κ2) is 13.3. The highest BCUT2D eigenvalue weighted by Crippen LogP contribution is 2.24. The Morgan fingerprint density at radius 1 is 1.15 bits per heavy atom. The molecule has 0 bridgehead atoms. The molecule has 1 aromatic rings. The topological polar surface area (TPSA) is 93.7 Å². The molecule has 2 fully saturated rings. The molecule has 1 aromatic heterocycles. The van der Waals surface area contributed by atoms with Crippen molar-refractivity contribution in [1.82, 2.24) is 30.4 Å². The quantitative estimate of drug-likeness (QED) is 0.228. The summed E-state index contributed by atoms with van der Waals surface area (Å²) < 4.78 is 0. The van der Waals surface area contributed by atoms with Crippen LogP contribution in [-0.4, -0.2) is 95.4 Å². The minimum atomic E-state index is -0.0388. The highest BCUT2D eigenvalue weighted by Gasteiger charge is 2.28. The molecule has 0 saturated carbocycles. The number of amides is 3. The minimum absolute atomic E-state index is 0.0222. The summed E-state index contributed by atoms with van der Waals surface area (Å²) in [5, 5.41) is 6.70. The molecule has 3 heterocycles. The van der Waals surface area contributed by atoms with Gasteiger partial charge in [-0.25, -0.2) is 14.8 Å². The molecule has 9 nitrogen and oxygen atoms in total. The van der Waals surface area contributed by atoms with Crippen molar-refractivity contribution in [2.45, 2.75) is 63.7 Å². The standard InChI is InChI=1S/C23H38ClN7O2S/c1-4-25-23(33)31-13-12-30(15-18(31)3)20-14-19(24)27-22(28-20)34-16-21(32)26-9-7-11-29-10-6-5-8-17(29)2/h14,17-18H,4-13,15-16H2,1-3H3,(H,25,33)(H,26,32). The van der Waals surface area contributed by atoms with Gasteiger partial charge in [-0.15, -0.1) is 0 Å². The summed E-state index contributed by atoms with van der Waals surface area (Å²) >= 11 is 7.55. The fraction of sp³-hybridized carbons (Fsp3) is 0.739. The summed E-state index contributed by atoms with van der Waals surface area (Å²) in [5.41, 5.74) is 0. The predicted octanol–water partition coefficient (Wildman–Crippen LogP) is 2.84. The number of likely N-dealkylation sites (tertiary alicyclic amines) is 1. The molecule has 3 rings (SSSR count). The van der Waals surface area contributed by atoms with Crippen molar-refractivity contribution < 1.29 is 9.59 Å². The first-order chi connectivity index (χ1) is 16.4. The maximum atomic E-state index is 12.3. The predicted molar refractivity (Wildman–Crippen MR) is 138 cm³/mol. The average molecular weight is 512 g/mol. The number of hydrogen-bond donors (Lipinski definition) is 2. The van der Waals surface area contributed by atoms with Crippen LogP contribution in [0.2, 0.25) is 5.15 Å². The van der Waals surface area contributed by atoms with E-state index in [0.29, 0.717) is 49.1 Å². The number of anilines is 1. The van der Waals surface area contributed by atoms with Crippen LogP contribution in [0.15, 0.2) is 11.2 Å². The largest absolute Gasteiger partial charge is 0.355 e. The lowest BCUT2D eigenvalue weighted by molar-refractivity contribution is -0.118. The zero-order valence-corrected chi connectivity index (χ0v) is 22.1. The molecule has 3 amide bonds. The lowest BCUT2D eigenvalue weighted by atomic mass is 10.0. The second-order valence-electron chi connectivity index (χ2n) is 9.03. The Balaban J connectivity index is 1.44. The van der Waals surface area contributed by atoms with Gasteiger partial charge >= 0.3 is 6.03 Å². The molecule has 190 valence electrons.